The van der Waals surface area contributed by atoms with Gasteiger partial charge in [-0.2, -0.15) is 0 Å². The van der Waals surface area contributed by atoms with E-state index in [4.69, 9.17) is 9.47 Å². The maximum Gasteiger partial charge on any atom is 0.258 e. The van der Waals surface area contributed by atoms with Crippen LogP contribution in [-0.2, 0) is 5.60 Å². The molecule has 0 bridgehead atoms. The van der Waals surface area contributed by atoms with E-state index in [1.807, 2.05) is 0 Å². The maximum absolute atomic E-state index is 13.0. The highest BCUT2D eigenvalue weighted by atomic mass is 19.1. The van der Waals surface area contributed by atoms with Gasteiger partial charge in [-0.1, -0.05) is 18.2 Å². The number of halogens is 1. The van der Waals surface area contributed by atoms with Crippen molar-refractivity contribution in [2.24, 2.45) is 0 Å². The lowest BCUT2D eigenvalue weighted by Gasteiger charge is -2.24. The van der Waals surface area contributed by atoms with Gasteiger partial charge in [-0.05, 0) is 36.8 Å². The molecule has 0 heterocycles. The van der Waals surface area contributed by atoms with Gasteiger partial charge in [0.25, 0.3) is 5.91 Å². The Morgan fingerprint density at radius 1 is 1.12 bits per heavy atom. The summed E-state index contributed by atoms with van der Waals surface area (Å²) in [5, 5.41) is 13.2. The summed E-state index contributed by atoms with van der Waals surface area (Å²) in [7, 11) is 2.92. The molecule has 0 radical (unpaired) electrons. The second-order valence-electron chi connectivity index (χ2n) is 5.50. The van der Waals surface area contributed by atoms with Crippen LogP contribution in [0.2, 0.25) is 0 Å². The van der Waals surface area contributed by atoms with E-state index in [-0.39, 0.29) is 12.1 Å². The second kappa shape index (κ2) is 7.31. The molecule has 5 nitrogen and oxygen atoms in total. The van der Waals surface area contributed by atoms with Crippen LogP contribution >= 0.6 is 0 Å². The number of nitrogens with one attached hydrogen (secondary N) is 1. The molecule has 2 N–H and O–H groups in total. The molecular formula is C18H20FNO4. The number of carbonyl (C=O) groups is 1. The largest absolute Gasteiger partial charge is 0.496 e. The molecule has 1 unspecified atom stereocenters. The summed E-state index contributed by atoms with van der Waals surface area (Å²) in [6.45, 7) is 1.48. The molecule has 0 aromatic heterocycles. The van der Waals surface area contributed by atoms with Gasteiger partial charge in [0.2, 0.25) is 0 Å². The van der Waals surface area contributed by atoms with E-state index in [1.54, 1.807) is 25.1 Å². The summed E-state index contributed by atoms with van der Waals surface area (Å²) in [6.07, 6.45) is 0. The third kappa shape index (κ3) is 3.83. The quantitative estimate of drug-likeness (QED) is 0.852. The molecule has 0 aliphatic heterocycles. The van der Waals surface area contributed by atoms with Crippen LogP contribution in [0.3, 0.4) is 0 Å². The summed E-state index contributed by atoms with van der Waals surface area (Å²) in [4.78, 5) is 12.5. The van der Waals surface area contributed by atoms with E-state index in [1.165, 1.54) is 38.5 Å². The van der Waals surface area contributed by atoms with Gasteiger partial charge in [0, 0.05) is 0 Å². The molecule has 0 fully saturated rings. The summed E-state index contributed by atoms with van der Waals surface area (Å²) in [5.74, 6) is -0.0921. The van der Waals surface area contributed by atoms with Gasteiger partial charge >= 0.3 is 0 Å². The molecule has 2 aromatic rings. The zero-order valence-corrected chi connectivity index (χ0v) is 13.8. The van der Waals surface area contributed by atoms with Crippen LogP contribution in [0.15, 0.2) is 42.5 Å². The Labute approximate surface area is 140 Å². The minimum atomic E-state index is -1.35. The highest BCUT2D eigenvalue weighted by Crippen LogP contribution is 2.28. The van der Waals surface area contributed by atoms with Gasteiger partial charge in [0.05, 0.1) is 20.8 Å². The third-order valence-electron chi connectivity index (χ3n) is 3.71. The number of hydrogen-bond acceptors (Lipinski definition) is 4. The lowest BCUT2D eigenvalue weighted by molar-refractivity contribution is 0.0524. The van der Waals surface area contributed by atoms with Crippen LogP contribution < -0.4 is 14.8 Å². The normalized spacial score (nSPS) is 13.0. The molecule has 0 saturated heterocycles. The van der Waals surface area contributed by atoms with E-state index in [0.717, 1.165) is 0 Å². The Morgan fingerprint density at radius 2 is 1.67 bits per heavy atom. The molecule has 24 heavy (non-hydrogen) atoms. The molecule has 6 heteroatoms. The van der Waals surface area contributed by atoms with Crippen LogP contribution in [0.5, 0.6) is 11.5 Å². The van der Waals surface area contributed by atoms with Crippen LogP contribution in [0, 0.1) is 5.82 Å². The van der Waals surface area contributed by atoms with Gasteiger partial charge in [-0.25, -0.2) is 4.39 Å². The SMILES string of the molecule is COc1cccc(OC)c1C(=O)NCC(C)(O)c1ccc(F)cc1. The van der Waals surface area contributed by atoms with Gasteiger partial charge < -0.3 is 19.9 Å². The minimum Gasteiger partial charge on any atom is -0.496 e. The van der Waals surface area contributed by atoms with Gasteiger partial charge in [-0.15, -0.1) is 0 Å². The number of carbonyl (C=O) groups excluding carboxylic acids is 1. The van der Waals surface area contributed by atoms with Crippen molar-refractivity contribution in [2.75, 3.05) is 20.8 Å². The number of aliphatic hydroxyl groups is 1. The molecule has 0 aliphatic rings. The van der Waals surface area contributed by atoms with Crippen molar-refractivity contribution in [3.8, 4) is 11.5 Å². The molecule has 128 valence electrons. The molecule has 1 atom stereocenters. The summed E-state index contributed by atoms with van der Waals surface area (Å²) in [5.41, 5.74) is -0.605. The fraction of sp³-hybridized carbons (Fsp3) is 0.278. The second-order valence-corrected chi connectivity index (χ2v) is 5.50. The monoisotopic (exact) mass is 333 g/mol. The fourth-order valence-electron chi connectivity index (χ4n) is 2.33. The summed E-state index contributed by atoms with van der Waals surface area (Å²) in [6, 6.07) is 10.5. The molecule has 0 aliphatic carbocycles. The molecule has 1 amide bonds. The number of hydrogen-bond donors (Lipinski definition) is 2. The standard InChI is InChI=1S/C18H20FNO4/c1-18(22,12-7-9-13(19)10-8-12)11-20-17(21)16-14(23-2)5-4-6-15(16)24-3/h4-10,22H,11H2,1-3H3,(H,20,21). The lowest BCUT2D eigenvalue weighted by atomic mass is 9.96. The Balaban J connectivity index is 2.17. The minimum absolute atomic E-state index is 0.0569. The highest BCUT2D eigenvalue weighted by Gasteiger charge is 2.26. The first kappa shape index (κ1) is 17.7. The Kier molecular flexibility index (Phi) is 5.41. The lowest BCUT2D eigenvalue weighted by Crippen LogP contribution is -2.38. The predicted octanol–water partition coefficient (Wildman–Crippen LogP) is 2.48. The first-order valence-corrected chi connectivity index (χ1v) is 7.36. The average Bonchev–Trinajstić information content (AvgIpc) is 2.59. The smallest absolute Gasteiger partial charge is 0.258 e. The van der Waals surface area contributed by atoms with E-state index >= 15 is 0 Å². The first-order valence-electron chi connectivity index (χ1n) is 7.36. The number of rotatable bonds is 6. The molecule has 0 spiro atoms. The number of benzene rings is 2. The third-order valence-corrected chi connectivity index (χ3v) is 3.71. The van der Waals surface area contributed by atoms with E-state index in [9.17, 15) is 14.3 Å². The zero-order chi connectivity index (χ0) is 17.7. The van der Waals surface area contributed by atoms with Crippen LogP contribution in [0.4, 0.5) is 4.39 Å². The molecule has 0 saturated carbocycles. The van der Waals surface area contributed by atoms with Crippen molar-refractivity contribution in [2.45, 2.75) is 12.5 Å². The van der Waals surface area contributed by atoms with Crippen LogP contribution in [-0.4, -0.2) is 31.8 Å². The first-order chi connectivity index (χ1) is 11.4. The van der Waals surface area contributed by atoms with Crippen molar-refractivity contribution in [3.63, 3.8) is 0 Å². The van der Waals surface area contributed by atoms with Crippen molar-refractivity contribution in [3.05, 3.63) is 59.4 Å². The van der Waals surface area contributed by atoms with E-state index < -0.39 is 17.3 Å². The number of ether oxygens (including phenoxy) is 2. The van der Waals surface area contributed by atoms with Crippen molar-refractivity contribution < 1.29 is 23.8 Å². The molecular weight excluding hydrogens is 313 g/mol. The Bertz CT molecular complexity index is 691. The maximum atomic E-state index is 13.0. The van der Waals surface area contributed by atoms with Crippen LogP contribution in [0.1, 0.15) is 22.8 Å². The summed E-state index contributed by atoms with van der Waals surface area (Å²) >= 11 is 0. The van der Waals surface area contributed by atoms with E-state index in [0.29, 0.717) is 17.1 Å². The average molecular weight is 333 g/mol. The molecule has 2 aromatic carbocycles. The van der Waals surface area contributed by atoms with Gasteiger partial charge in [-0.3, -0.25) is 4.79 Å². The fourth-order valence-corrected chi connectivity index (χ4v) is 2.33. The highest BCUT2D eigenvalue weighted by molar-refractivity contribution is 5.99. The Hall–Kier alpha value is -2.60. The molecule has 2 rings (SSSR count). The topological polar surface area (TPSA) is 67.8 Å². The van der Waals surface area contributed by atoms with Gasteiger partial charge in [0.15, 0.2) is 0 Å². The van der Waals surface area contributed by atoms with Crippen LogP contribution in [0.25, 0.3) is 0 Å². The zero-order valence-electron chi connectivity index (χ0n) is 13.8. The summed E-state index contributed by atoms with van der Waals surface area (Å²) < 4.78 is 23.4. The number of methoxy groups -OCH3 is 2. The van der Waals surface area contributed by atoms with Crippen molar-refractivity contribution in [1.29, 1.82) is 0 Å². The Morgan fingerprint density at radius 3 is 2.17 bits per heavy atom. The predicted molar refractivity (Wildman–Crippen MR) is 87.9 cm³/mol. The number of amides is 1. The van der Waals surface area contributed by atoms with E-state index in [2.05, 4.69) is 5.32 Å². The van der Waals surface area contributed by atoms with Gasteiger partial charge in [0.1, 0.15) is 28.5 Å². The van der Waals surface area contributed by atoms with Crippen molar-refractivity contribution >= 4 is 5.91 Å². The van der Waals surface area contributed by atoms with Crippen molar-refractivity contribution in [1.82, 2.24) is 5.32 Å².